The van der Waals surface area contributed by atoms with E-state index in [0.717, 1.165) is 23.3 Å². The predicted molar refractivity (Wildman–Crippen MR) is 114 cm³/mol. The lowest BCUT2D eigenvalue weighted by Gasteiger charge is -2.12. The van der Waals surface area contributed by atoms with E-state index in [9.17, 15) is 13.2 Å². The maximum Gasteiger partial charge on any atom is 0.416 e. The quantitative estimate of drug-likeness (QED) is 0.337. The van der Waals surface area contributed by atoms with Crippen LogP contribution in [0.25, 0.3) is 0 Å². The van der Waals surface area contributed by atoms with Gasteiger partial charge in [-0.05, 0) is 37.1 Å². The second-order valence-corrected chi connectivity index (χ2v) is 5.74. The van der Waals surface area contributed by atoms with Gasteiger partial charge in [-0.3, -0.25) is 0 Å². The zero-order valence-corrected chi connectivity index (χ0v) is 18.0. The van der Waals surface area contributed by atoms with E-state index in [-0.39, 0.29) is 24.0 Å². The molecule has 2 aromatic rings. The number of alkyl halides is 3. The Morgan fingerprint density at radius 1 is 1.14 bits per heavy atom. The lowest BCUT2D eigenvalue weighted by atomic mass is 10.1. The average Bonchev–Trinajstić information content (AvgIpc) is 2.66. The molecule has 0 aliphatic carbocycles. The number of rotatable bonds is 7. The van der Waals surface area contributed by atoms with Gasteiger partial charge in [-0.2, -0.15) is 13.2 Å². The number of guanidine groups is 1. The molecule has 0 spiro atoms. The highest BCUT2D eigenvalue weighted by Crippen LogP contribution is 2.29. The first-order valence-corrected chi connectivity index (χ1v) is 8.60. The fraction of sp³-hybridized carbons (Fsp3) is 0.368. The first-order chi connectivity index (χ1) is 12.9. The third kappa shape index (κ3) is 7.53. The molecule has 2 rings (SSSR count). The van der Waals surface area contributed by atoms with Crippen LogP contribution in [-0.4, -0.2) is 31.1 Å². The summed E-state index contributed by atoms with van der Waals surface area (Å²) in [5.41, 5.74) is 1.04. The van der Waals surface area contributed by atoms with Gasteiger partial charge in [-0.25, -0.2) is 9.98 Å². The third-order valence-electron chi connectivity index (χ3n) is 3.78. The lowest BCUT2D eigenvalue weighted by Crippen LogP contribution is -2.38. The second-order valence-electron chi connectivity index (χ2n) is 5.74. The Balaban J connectivity index is 0.00000392. The number of nitrogens with one attached hydrogen (secondary N) is 2. The van der Waals surface area contributed by atoms with Crippen molar-refractivity contribution < 1.29 is 17.9 Å². The first kappa shape index (κ1) is 24.0. The molecule has 5 nitrogen and oxygen atoms in total. The van der Waals surface area contributed by atoms with Gasteiger partial charge in [0, 0.05) is 24.8 Å². The summed E-state index contributed by atoms with van der Waals surface area (Å²) in [7, 11) is 1.56. The van der Waals surface area contributed by atoms with Crippen molar-refractivity contribution in [1.82, 2.24) is 15.6 Å². The number of methoxy groups -OCH3 is 1. The summed E-state index contributed by atoms with van der Waals surface area (Å²) in [6.07, 6.45) is -2.08. The molecule has 1 aromatic heterocycles. The molecule has 0 saturated heterocycles. The van der Waals surface area contributed by atoms with Gasteiger partial charge in [0.2, 0.25) is 5.88 Å². The third-order valence-corrected chi connectivity index (χ3v) is 3.78. The molecule has 28 heavy (non-hydrogen) atoms. The van der Waals surface area contributed by atoms with Gasteiger partial charge >= 0.3 is 6.18 Å². The van der Waals surface area contributed by atoms with E-state index in [1.807, 2.05) is 19.1 Å². The van der Waals surface area contributed by atoms with Crippen LogP contribution in [0, 0.1) is 0 Å². The monoisotopic (exact) mass is 508 g/mol. The normalized spacial score (nSPS) is 11.5. The van der Waals surface area contributed by atoms with Crippen LogP contribution < -0.4 is 15.4 Å². The fourth-order valence-corrected chi connectivity index (χ4v) is 2.42. The molecule has 0 amide bonds. The topological polar surface area (TPSA) is 58.5 Å². The fourth-order valence-electron chi connectivity index (χ4n) is 2.42. The van der Waals surface area contributed by atoms with E-state index in [2.05, 4.69) is 20.6 Å². The molecule has 0 aliphatic heterocycles. The van der Waals surface area contributed by atoms with Gasteiger partial charge in [0.15, 0.2) is 5.96 Å². The molecule has 0 radical (unpaired) electrons. The minimum absolute atomic E-state index is 0. The highest BCUT2D eigenvalue weighted by molar-refractivity contribution is 14.0. The SMILES string of the molecule is CCNC(=NCc1cccnc1OC)NCCc1ccc(C(F)(F)F)cc1.I. The second kappa shape index (κ2) is 11.7. The molecule has 0 bridgehead atoms. The Bertz CT molecular complexity index is 752. The van der Waals surface area contributed by atoms with Crippen molar-refractivity contribution in [3.63, 3.8) is 0 Å². The van der Waals surface area contributed by atoms with Crippen molar-refractivity contribution in [2.24, 2.45) is 4.99 Å². The van der Waals surface area contributed by atoms with Gasteiger partial charge in [0.1, 0.15) is 0 Å². The summed E-state index contributed by atoms with van der Waals surface area (Å²) < 4.78 is 43.0. The van der Waals surface area contributed by atoms with Crippen LogP contribution in [0.1, 0.15) is 23.6 Å². The zero-order chi connectivity index (χ0) is 19.7. The number of halogens is 4. The molecular weight excluding hydrogens is 484 g/mol. The zero-order valence-electron chi connectivity index (χ0n) is 15.7. The number of hydrogen-bond acceptors (Lipinski definition) is 3. The van der Waals surface area contributed by atoms with Crippen LogP contribution >= 0.6 is 24.0 Å². The highest BCUT2D eigenvalue weighted by atomic mass is 127. The van der Waals surface area contributed by atoms with Crippen molar-refractivity contribution >= 4 is 29.9 Å². The summed E-state index contributed by atoms with van der Waals surface area (Å²) in [6.45, 7) is 3.59. The molecule has 0 unspecified atom stereocenters. The number of aliphatic imine (C=N–C) groups is 1. The summed E-state index contributed by atoms with van der Waals surface area (Å²) in [5.74, 6) is 1.15. The Morgan fingerprint density at radius 2 is 1.86 bits per heavy atom. The minimum Gasteiger partial charge on any atom is -0.481 e. The van der Waals surface area contributed by atoms with Crippen molar-refractivity contribution in [2.75, 3.05) is 20.2 Å². The van der Waals surface area contributed by atoms with Crippen LogP contribution in [0.3, 0.4) is 0 Å². The molecule has 9 heteroatoms. The van der Waals surface area contributed by atoms with E-state index in [0.29, 0.717) is 37.9 Å². The molecule has 1 heterocycles. The summed E-state index contributed by atoms with van der Waals surface area (Å²) in [4.78, 5) is 8.63. The summed E-state index contributed by atoms with van der Waals surface area (Å²) >= 11 is 0. The maximum atomic E-state index is 12.6. The van der Waals surface area contributed by atoms with Crippen LogP contribution in [0.2, 0.25) is 0 Å². The van der Waals surface area contributed by atoms with Crippen LogP contribution in [0.4, 0.5) is 13.2 Å². The van der Waals surface area contributed by atoms with Gasteiger partial charge in [0.05, 0.1) is 19.2 Å². The maximum absolute atomic E-state index is 12.6. The molecule has 0 saturated carbocycles. The Kier molecular flexibility index (Phi) is 10.0. The first-order valence-electron chi connectivity index (χ1n) is 8.60. The van der Waals surface area contributed by atoms with E-state index < -0.39 is 11.7 Å². The number of aromatic nitrogens is 1. The highest BCUT2D eigenvalue weighted by Gasteiger charge is 2.29. The van der Waals surface area contributed by atoms with Crippen molar-refractivity contribution in [2.45, 2.75) is 26.1 Å². The Hall–Kier alpha value is -2.04. The van der Waals surface area contributed by atoms with Crippen molar-refractivity contribution in [3.05, 3.63) is 59.3 Å². The predicted octanol–water partition coefficient (Wildman–Crippen LogP) is 4.02. The average molecular weight is 508 g/mol. The molecule has 0 fully saturated rings. The minimum atomic E-state index is -4.31. The molecule has 1 aromatic carbocycles. The standard InChI is InChI=1S/C19H23F3N4O.HI/c1-3-23-18(26-13-15-5-4-11-24-17(15)27-2)25-12-10-14-6-8-16(9-7-14)19(20,21)22;/h4-9,11H,3,10,12-13H2,1-2H3,(H2,23,25,26);1H. The van der Waals surface area contributed by atoms with Gasteiger partial charge in [-0.15, -0.1) is 24.0 Å². The van der Waals surface area contributed by atoms with E-state index in [4.69, 9.17) is 4.74 Å². The number of ether oxygens (including phenoxy) is 1. The van der Waals surface area contributed by atoms with Gasteiger partial charge < -0.3 is 15.4 Å². The van der Waals surface area contributed by atoms with Crippen LogP contribution in [0.5, 0.6) is 5.88 Å². The van der Waals surface area contributed by atoms with Crippen LogP contribution in [0.15, 0.2) is 47.6 Å². The molecule has 2 N–H and O–H groups in total. The summed E-state index contributed by atoms with van der Waals surface area (Å²) in [5, 5.41) is 6.31. The smallest absolute Gasteiger partial charge is 0.416 e. The number of hydrogen-bond donors (Lipinski definition) is 2. The molecular formula is C19H24F3IN4O. The number of pyridine rings is 1. The van der Waals surface area contributed by atoms with E-state index >= 15 is 0 Å². The van der Waals surface area contributed by atoms with E-state index in [1.54, 1.807) is 13.3 Å². The Morgan fingerprint density at radius 3 is 2.46 bits per heavy atom. The molecule has 0 atom stereocenters. The summed E-state index contributed by atoms with van der Waals surface area (Å²) in [6, 6.07) is 8.90. The van der Waals surface area contributed by atoms with Crippen LogP contribution in [-0.2, 0) is 19.1 Å². The molecule has 0 aliphatic rings. The van der Waals surface area contributed by atoms with Gasteiger partial charge in [-0.1, -0.05) is 18.2 Å². The number of benzene rings is 1. The van der Waals surface area contributed by atoms with Gasteiger partial charge in [0.25, 0.3) is 0 Å². The molecule has 154 valence electrons. The Labute approximate surface area is 179 Å². The van der Waals surface area contributed by atoms with E-state index in [1.165, 1.54) is 12.1 Å². The lowest BCUT2D eigenvalue weighted by molar-refractivity contribution is -0.137. The largest absolute Gasteiger partial charge is 0.481 e. The van der Waals surface area contributed by atoms with Crippen molar-refractivity contribution in [1.29, 1.82) is 0 Å². The van der Waals surface area contributed by atoms with Crippen molar-refractivity contribution in [3.8, 4) is 5.88 Å². The number of nitrogens with zero attached hydrogens (tertiary/aromatic N) is 2.